The second-order valence-corrected chi connectivity index (χ2v) is 9.78. The summed E-state index contributed by atoms with van der Waals surface area (Å²) in [5, 5.41) is 23.7. The van der Waals surface area contributed by atoms with Crippen LogP contribution in [0.5, 0.6) is 0 Å². The van der Waals surface area contributed by atoms with Crippen molar-refractivity contribution in [2.24, 2.45) is 0 Å². The molecule has 11 heteroatoms. The Balaban J connectivity index is 1.39. The number of carboxylic acid groups (broad SMARTS) is 1. The molecule has 0 spiro atoms. The van der Waals surface area contributed by atoms with Gasteiger partial charge in [0.25, 0.3) is 5.91 Å². The van der Waals surface area contributed by atoms with Gasteiger partial charge in [0, 0.05) is 49.7 Å². The van der Waals surface area contributed by atoms with E-state index in [0.717, 1.165) is 22.4 Å². The normalized spacial score (nSPS) is 18.4. The monoisotopic (exact) mass is 525 g/mol. The molecular weight excluding hydrogens is 498 g/mol. The lowest BCUT2D eigenvalue weighted by Crippen LogP contribution is -2.60. The molecule has 1 aromatic carbocycles. The average molecular weight is 526 g/mol. The number of carbonyl (C=O) groups excluding carboxylic acids is 2. The summed E-state index contributed by atoms with van der Waals surface area (Å²) in [5.41, 5.74) is 4.21. The Morgan fingerprint density at radius 1 is 1.05 bits per heavy atom. The summed E-state index contributed by atoms with van der Waals surface area (Å²) in [6, 6.07) is 14.5. The average Bonchev–Trinajstić information content (AvgIpc) is 2.90. The fraction of sp³-hybridized carbons (Fsp3) is 0.286. The van der Waals surface area contributed by atoms with Gasteiger partial charge in [0.1, 0.15) is 17.6 Å². The maximum atomic E-state index is 12.7. The first-order valence-corrected chi connectivity index (χ1v) is 12.5. The lowest BCUT2D eigenvalue weighted by Gasteiger charge is -2.39. The van der Waals surface area contributed by atoms with E-state index in [-0.39, 0.29) is 35.6 Å². The number of likely N-dealkylation sites (tertiary alicyclic amines) is 1. The van der Waals surface area contributed by atoms with Crippen LogP contribution in [-0.2, 0) is 4.79 Å². The molecule has 39 heavy (non-hydrogen) atoms. The van der Waals surface area contributed by atoms with E-state index in [1.54, 1.807) is 41.1 Å². The third-order valence-corrected chi connectivity index (χ3v) is 7.05. The maximum absolute atomic E-state index is 12.7. The number of hydrogen-bond donors (Lipinski definition) is 3. The van der Waals surface area contributed by atoms with Gasteiger partial charge in [0.2, 0.25) is 5.91 Å². The molecule has 198 valence electrons. The van der Waals surface area contributed by atoms with Crippen molar-refractivity contribution in [3.05, 3.63) is 71.7 Å². The third-order valence-electron chi connectivity index (χ3n) is 7.05. The van der Waals surface area contributed by atoms with E-state index in [1.165, 1.54) is 6.20 Å². The molecular formula is C28H27N7O4. The quantitative estimate of drug-likeness (QED) is 0.458. The molecule has 3 aromatic rings. The second kappa shape index (κ2) is 10.4. The molecule has 5 rings (SSSR count). The number of nitrogens with one attached hydrogen (secondary N) is 2. The number of amides is 3. The predicted molar refractivity (Wildman–Crippen MR) is 143 cm³/mol. The van der Waals surface area contributed by atoms with Crippen LogP contribution in [0, 0.1) is 11.3 Å². The number of hydrogen-bond acceptors (Lipinski definition) is 7. The zero-order valence-corrected chi connectivity index (χ0v) is 21.5. The van der Waals surface area contributed by atoms with Gasteiger partial charge in [-0.1, -0.05) is 12.1 Å². The molecule has 2 aromatic heterocycles. The molecule has 2 atom stereocenters. The Bertz CT molecular complexity index is 1460. The van der Waals surface area contributed by atoms with Gasteiger partial charge < -0.3 is 25.5 Å². The summed E-state index contributed by atoms with van der Waals surface area (Å²) in [4.78, 5) is 48.0. The first kappa shape index (κ1) is 25.7. The third kappa shape index (κ3) is 5.22. The summed E-state index contributed by atoms with van der Waals surface area (Å²) < 4.78 is 0. The van der Waals surface area contributed by atoms with E-state index in [0.29, 0.717) is 30.9 Å². The molecule has 0 bridgehead atoms. The molecule has 4 heterocycles. The highest BCUT2D eigenvalue weighted by molar-refractivity contribution is 5.95. The molecule has 3 amide bonds. The number of carbonyl (C=O) groups is 3. The molecule has 1 saturated heterocycles. The Labute approximate surface area is 225 Å². The Hall–Kier alpha value is -4.98. The van der Waals surface area contributed by atoms with Crippen LogP contribution in [0.3, 0.4) is 0 Å². The van der Waals surface area contributed by atoms with Crippen LogP contribution in [0.1, 0.15) is 47.9 Å². The molecule has 2 aliphatic heterocycles. The van der Waals surface area contributed by atoms with E-state index >= 15 is 0 Å². The minimum Gasteiger partial charge on any atom is -0.465 e. The summed E-state index contributed by atoms with van der Waals surface area (Å²) in [5.74, 6) is 0.346. The van der Waals surface area contributed by atoms with Gasteiger partial charge in [-0.05, 0) is 54.8 Å². The van der Waals surface area contributed by atoms with Crippen molar-refractivity contribution in [3.63, 3.8) is 0 Å². The van der Waals surface area contributed by atoms with Crippen LogP contribution in [0.15, 0.2) is 54.9 Å². The number of fused-ring (bicyclic) bond motifs is 1. The molecule has 0 unspecified atom stereocenters. The highest BCUT2D eigenvalue weighted by Gasteiger charge is 2.34. The predicted octanol–water partition coefficient (Wildman–Crippen LogP) is 3.41. The molecule has 2 aliphatic rings. The van der Waals surface area contributed by atoms with Gasteiger partial charge in [-0.2, -0.15) is 5.26 Å². The number of pyridine rings is 2. The number of aromatic nitrogens is 2. The first-order valence-electron chi connectivity index (χ1n) is 12.5. The van der Waals surface area contributed by atoms with Gasteiger partial charge >= 0.3 is 6.09 Å². The van der Waals surface area contributed by atoms with Gasteiger partial charge in [0.15, 0.2) is 0 Å². The van der Waals surface area contributed by atoms with Crippen molar-refractivity contribution in [1.29, 1.82) is 5.26 Å². The first-order chi connectivity index (χ1) is 18.7. The van der Waals surface area contributed by atoms with Crippen molar-refractivity contribution >= 4 is 29.4 Å². The summed E-state index contributed by atoms with van der Waals surface area (Å²) in [7, 11) is 0. The van der Waals surface area contributed by atoms with Crippen LogP contribution in [-0.4, -0.2) is 63.1 Å². The highest BCUT2D eigenvalue weighted by atomic mass is 16.4. The summed E-state index contributed by atoms with van der Waals surface area (Å²) in [6.07, 6.45) is 2.72. The van der Waals surface area contributed by atoms with E-state index in [4.69, 9.17) is 10.4 Å². The fourth-order valence-corrected chi connectivity index (χ4v) is 5.15. The molecule has 0 saturated carbocycles. The number of nitriles is 1. The number of anilines is 2. The topological polar surface area (TPSA) is 152 Å². The highest BCUT2D eigenvalue weighted by Crippen LogP contribution is 2.41. The fourth-order valence-electron chi connectivity index (χ4n) is 5.15. The number of benzene rings is 1. The largest absolute Gasteiger partial charge is 0.465 e. The number of rotatable bonds is 5. The minimum atomic E-state index is -1.11. The van der Waals surface area contributed by atoms with Crippen molar-refractivity contribution in [3.8, 4) is 17.2 Å². The minimum absolute atomic E-state index is 0.0319. The van der Waals surface area contributed by atoms with Crippen molar-refractivity contribution < 1.29 is 19.5 Å². The van der Waals surface area contributed by atoms with Gasteiger partial charge in [-0.25, -0.2) is 9.78 Å². The second-order valence-electron chi connectivity index (χ2n) is 9.78. The van der Waals surface area contributed by atoms with Gasteiger partial charge in [0.05, 0.1) is 17.6 Å². The lowest BCUT2D eigenvalue weighted by atomic mass is 9.89. The Morgan fingerprint density at radius 2 is 1.82 bits per heavy atom. The summed E-state index contributed by atoms with van der Waals surface area (Å²) in [6.45, 7) is 4.19. The Kier molecular flexibility index (Phi) is 6.85. The standard InChI is InChI=1S/C28H27N7O4/c1-16-9-24(33-26-8-3-18(11-29)12-31-26)22-10-19(5-7-25(22)35(16)17(2)36)20-4-6-23(30-13-20)27(37)34-14-21(15-34)32-28(38)39/h3-8,10,12-13,16,21,24,32H,9,14-15H2,1-2H3,(H,31,33)(H,38,39)/t16-,24+/m0/s1. The zero-order valence-electron chi connectivity index (χ0n) is 21.5. The maximum Gasteiger partial charge on any atom is 0.405 e. The molecule has 1 fully saturated rings. The van der Waals surface area contributed by atoms with Crippen molar-refractivity contribution in [2.75, 3.05) is 23.3 Å². The Morgan fingerprint density at radius 3 is 2.44 bits per heavy atom. The van der Waals surface area contributed by atoms with Gasteiger partial charge in [-0.3, -0.25) is 14.6 Å². The smallest absolute Gasteiger partial charge is 0.405 e. The molecule has 3 N–H and O–H groups in total. The van der Waals surface area contributed by atoms with E-state index in [1.807, 2.05) is 31.2 Å². The molecule has 11 nitrogen and oxygen atoms in total. The van der Waals surface area contributed by atoms with Crippen molar-refractivity contribution in [2.45, 2.75) is 38.4 Å². The van der Waals surface area contributed by atoms with Crippen LogP contribution < -0.4 is 15.5 Å². The summed E-state index contributed by atoms with van der Waals surface area (Å²) >= 11 is 0. The zero-order chi connectivity index (χ0) is 27.7. The van der Waals surface area contributed by atoms with Crippen LogP contribution in [0.4, 0.5) is 16.3 Å². The molecule has 0 aliphatic carbocycles. The van der Waals surface area contributed by atoms with Crippen LogP contribution in [0.2, 0.25) is 0 Å². The molecule has 0 radical (unpaired) electrons. The van der Waals surface area contributed by atoms with Crippen LogP contribution >= 0.6 is 0 Å². The van der Waals surface area contributed by atoms with E-state index < -0.39 is 6.09 Å². The lowest BCUT2D eigenvalue weighted by molar-refractivity contribution is -0.117. The SMILES string of the molecule is CC(=O)N1c2ccc(-c3ccc(C(=O)N4CC(NC(=O)O)C4)nc3)cc2[C@H](Nc2ccc(C#N)cn2)C[C@@H]1C. The van der Waals surface area contributed by atoms with Gasteiger partial charge in [-0.15, -0.1) is 0 Å². The number of nitrogens with zero attached hydrogens (tertiary/aromatic N) is 5. The van der Waals surface area contributed by atoms with E-state index in [9.17, 15) is 14.4 Å². The van der Waals surface area contributed by atoms with E-state index in [2.05, 4.69) is 26.7 Å². The van der Waals surface area contributed by atoms with Crippen molar-refractivity contribution in [1.82, 2.24) is 20.2 Å². The van der Waals surface area contributed by atoms with Crippen LogP contribution in [0.25, 0.3) is 11.1 Å².